The average Bonchev–Trinajstić information content (AvgIpc) is 2.78. The molecule has 1 aliphatic rings. The third-order valence-electron chi connectivity index (χ3n) is 3.19. The second-order valence-electron chi connectivity index (χ2n) is 4.26. The molecule has 0 aliphatic carbocycles. The predicted octanol–water partition coefficient (Wildman–Crippen LogP) is 1.33. The minimum absolute atomic E-state index is 0.302. The van der Waals surface area contributed by atoms with E-state index in [1.807, 2.05) is 19.3 Å². The first-order valence-corrected chi connectivity index (χ1v) is 5.83. The predicted molar refractivity (Wildman–Crippen MR) is 65.8 cm³/mol. The number of hydrogen-bond acceptors (Lipinski definition) is 4. The summed E-state index contributed by atoms with van der Waals surface area (Å²) in [4.78, 5) is 6.57. The lowest BCUT2D eigenvalue weighted by atomic mass is 10.1. The maximum absolute atomic E-state index is 8.93. The molecule has 1 aromatic rings. The topological polar surface area (TPSA) is 48.4 Å². The Balaban J connectivity index is 2.02. The van der Waals surface area contributed by atoms with Crippen molar-refractivity contribution in [2.75, 3.05) is 37.0 Å². The van der Waals surface area contributed by atoms with Crippen molar-refractivity contribution in [3.05, 3.63) is 18.3 Å². The molecule has 1 atom stereocenters. The molecule has 2 heterocycles. The van der Waals surface area contributed by atoms with E-state index in [4.69, 9.17) is 5.11 Å². The van der Waals surface area contributed by atoms with Crippen molar-refractivity contribution in [3.8, 4) is 0 Å². The third kappa shape index (κ3) is 2.44. The Morgan fingerprint density at radius 3 is 3.25 bits per heavy atom. The van der Waals surface area contributed by atoms with Crippen molar-refractivity contribution in [1.82, 2.24) is 4.98 Å². The zero-order valence-corrected chi connectivity index (χ0v) is 9.69. The van der Waals surface area contributed by atoms with E-state index in [0.717, 1.165) is 25.3 Å². The van der Waals surface area contributed by atoms with Gasteiger partial charge >= 0.3 is 0 Å². The van der Waals surface area contributed by atoms with Crippen LogP contribution in [0.1, 0.15) is 12.8 Å². The van der Waals surface area contributed by atoms with Crippen molar-refractivity contribution in [1.29, 1.82) is 0 Å². The van der Waals surface area contributed by atoms with Gasteiger partial charge in [0.1, 0.15) is 5.82 Å². The number of nitrogens with zero attached hydrogens (tertiary/aromatic N) is 2. The number of hydrogen-bond donors (Lipinski definition) is 2. The van der Waals surface area contributed by atoms with Crippen molar-refractivity contribution in [2.24, 2.45) is 5.92 Å². The smallest absolute Gasteiger partial charge is 0.127 e. The van der Waals surface area contributed by atoms with Crippen LogP contribution in [0.25, 0.3) is 0 Å². The van der Waals surface area contributed by atoms with Crippen LogP contribution in [-0.2, 0) is 0 Å². The van der Waals surface area contributed by atoms with Crippen molar-refractivity contribution >= 4 is 11.5 Å². The number of pyridine rings is 1. The summed E-state index contributed by atoms with van der Waals surface area (Å²) in [6.45, 7) is 2.43. The monoisotopic (exact) mass is 221 g/mol. The van der Waals surface area contributed by atoms with Crippen LogP contribution >= 0.6 is 0 Å². The summed E-state index contributed by atoms with van der Waals surface area (Å²) >= 11 is 0. The maximum atomic E-state index is 8.93. The minimum atomic E-state index is 0.302. The van der Waals surface area contributed by atoms with Crippen molar-refractivity contribution < 1.29 is 5.11 Å². The zero-order chi connectivity index (χ0) is 11.4. The molecule has 0 bridgehead atoms. The molecular weight excluding hydrogens is 202 g/mol. The van der Waals surface area contributed by atoms with Gasteiger partial charge in [-0.3, -0.25) is 0 Å². The largest absolute Gasteiger partial charge is 0.396 e. The van der Waals surface area contributed by atoms with Crippen LogP contribution in [0.5, 0.6) is 0 Å². The molecular formula is C12H19N3O. The molecule has 1 aromatic heterocycles. The van der Waals surface area contributed by atoms with Gasteiger partial charge in [-0.15, -0.1) is 0 Å². The number of aliphatic hydroxyl groups excluding tert-OH is 1. The van der Waals surface area contributed by atoms with Gasteiger partial charge in [-0.25, -0.2) is 4.98 Å². The molecule has 1 aliphatic heterocycles. The van der Waals surface area contributed by atoms with Crippen LogP contribution < -0.4 is 10.2 Å². The maximum Gasteiger partial charge on any atom is 0.127 e. The van der Waals surface area contributed by atoms with E-state index in [2.05, 4.69) is 21.3 Å². The molecule has 16 heavy (non-hydrogen) atoms. The summed E-state index contributed by atoms with van der Waals surface area (Å²) in [5.74, 6) is 1.54. The number of anilines is 2. The summed E-state index contributed by atoms with van der Waals surface area (Å²) in [5, 5.41) is 12.0. The molecule has 2 N–H and O–H groups in total. The summed E-state index contributed by atoms with van der Waals surface area (Å²) in [6, 6.07) is 4.11. The number of aliphatic hydroxyl groups is 1. The summed E-state index contributed by atoms with van der Waals surface area (Å²) in [5.41, 5.74) is 1.22. The van der Waals surface area contributed by atoms with Gasteiger partial charge in [0.15, 0.2) is 0 Å². The van der Waals surface area contributed by atoms with E-state index in [-0.39, 0.29) is 0 Å². The zero-order valence-electron chi connectivity index (χ0n) is 9.69. The highest BCUT2D eigenvalue weighted by Crippen LogP contribution is 2.26. The first-order valence-electron chi connectivity index (χ1n) is 5.83. The molecule has 0 amide bonds. The normalized spacial score (nSPS) is 20.1. The standard InChI is InChI=1S/C12H19N3O/c1-13-12-8-11(2-5-14-12)15-6-3-10(9-15)4-7-16/h2,5,8,10,16H,3-4,6-7,9H2,1H3,(H,13,14). The third-order valence-corrected chi connectivity index (χ3v) is 3.19. The van der Waals surface area contributed by atoms with E-state index in [1.54, 1.807) is 0 Å². The second kappa shape index (κ2) is 5.16. The first kappa shape index (κ1) is 11.2. The summed E-state index contributed by atoms with van der Waals surface area (Å²) < 4.78 is 0. The fourth-order valence-corrected chi connectivity index (χ4v) is 2.24. The fourth-order valence-electron chi connectivity index (χ4n) is 2.24. The minimum Gasteiger partial charge on any atom is -0.396 e. The Hall–Kier alpha value is -1.29. The molecule has 0 spiro atoms. The molecule has 1 fully saturated rings. The Morgan fingerprint density at radius 2 is 2.50 bits per heavy atom. The molecule has 0 aromatic carbocycles. The Bertz CT molecular complexity index is 343. The lowest BCUT2D eigenvalue weighted by Gasteiger charge is -2.19. The Morgan fingerprint density at radius 1 is 1.62 bits per heavy atom. The van der Waals surface area contributed by atoms with Gasteiger partial charge in [0.05, 0.1) is 0 Å². The van der Waals surface area contributed by atoms with Gasteiger partial charge in [0, 0.05) is 44.7 Å². The van der Waals surface area contributed by atoms with Gasteiger partial charge in [-0.2, -0.15) is 0 Å². The highest BCUT2D eigenvalue weighted by atomic mass is 16.3. The van der Waals surface area contributed by atoms with E-state index in [0.29, 0.717) is 12.5 Å². The lowest BCUT2D eigenvalue weighted by Crippen LogP contribution is -2.20. The Labute approximate surface area is 96.3 Å². The van der Waals surface area contributed by atoms with E-state index < -0.39 is 0 Å². The summed E-state index contributed by atoms with van der Waals surface area (Å²) in [6.07, 6.45) is 3.93. The van der Waals surface area contributed by atoms with Crippen molar-refractivity contribution in [2.45, 2.75) is 12.8 Å². The average molecular weight is 221 g/mol. The van der Waals surface area contributed by atoms with Crippen LogP contribution in [0.3, 0.4) is 0 Å². The summed E-state index contributed by atoms with van der Waals surface area (Å²) in [7, 11) is 1.88. The van der Waals surface area contributed by atoms with E-state index >= 15 is 0 Å². The Kier molecular flexibility index (Phi) is 3.62. The van der Waals surface area contributed by atoms with Crippen molar-refractivity contribution in [3.63, 3.8) is 0 Å². The van der Waals surface area contributed by atoms with Gasteiger partial charge in [0.25, 0.3) is 0 Å². The van der Waals surface area contributed by atoms with E-state index in [9.17, 15) is 0 Å². The van der Waals surface area contributed by atoms with Crippen LogP contribution in [0.2, 0.25) is 0 Å². The molecule has 1 unspecified atom stereocenters. The molecule has 4 heteroatoms. The van der Waals surface area contributed by atoms with Crippen LogP contribution in [-0.4, -0.2) is 36.8 Å². The molecule has 0 saturated carbocycles. The molecule has 2 rings (SSSR count). The fraction of sp³-hybridized carbons (Fsp3) is 0.583. The first-order chi connectivity index (χ1) is 7.83. The van der Waals surface area contributed by atoms with Gasteiger partial charge in [-0.1, -0.05) is 0 Å². The lowest BCUT2D eigenvalue weighted by molar-refractivity contribution is 0.263. The van der Waals surface area contributed by atoms with Crippen LogP contribution in [0, 0.1) is 5.92 Å². The number of nitrogens with one attached hydrogen (secondary N) is 1. The number of rotatable bonds is 4. The SMILES string of the molecule is CNc1cc(N2CCC(CCO)C2)ccn1. The molecule has 88 valence electrons. The quantitative estimate of drug-likeness (QED) is 0.805. The van der Waals surface area contributed by atoms with Crippen LogP contribution in [0.4, 0.5) is 11.5 Å². The highest BCUT2D eigenvalue weighted by molar-refractivity contribution is 5.54. The molecule has 1 saturated heterocycles. The van der Waals surface area contributed by atoms with Gasteiger partial charge in [0.2, 0.25) is 0 Å². The van der Waals surface area contributed by atoms with Gasteiger partial charge < -0.3 is 15.3 Å². The number of aromatic nitrogens is 1. The van der Waals surface area contributed by atoms with Crippen LogP contribution in [0.15, 0.2) is 18.3 Å². The van der Waals surface area contributed by atoms with E-state index in [1.165, 1.54) is 12.1 Å². The second-order valence-corrected chi connectivity index (χ2v) is 4.26. The van der Waals surface area contributed by atoms with Gasteiger partial charge in [-0.05, 0) is 24.8 Å². The molecule has 0 radical (unpaired) electrons. The molecule has 4 nitrogen and oxygen atoms in total. The highest BCUT2D eigenvalue weighted by Gasteiger charge is 2.22.